The second-order valence-corrected chi connectivity index (χ2v) is 6.71. The van der Waals surface area contributed by atoms with E-state index < -0.39 is 60.7 Å². The van der Waals surface area contributed by atoms with Crippen LogP contribution < -0.4 is 22.9 Å². The molecule has 16 heteroatoms. The second kappa shape index (κ2) is 21.1. The minimum absolute atomic E-state index is 0.125. The van der Waals surface area contributed by atoms with Crippen molar-refractivity contribution >= 4 is 23.9 Å². The van der Waals surface area contributed by atoms with Crippen LogP contribution in [-0.2, 0) is 28.7 Å². The molecule has 0 aliphatic rings. The van der Waals surface area contributed by atoms with Crippen LogP contribution in [0.5, 0.6) is 0 Å². The van der Waals surface area contributed by atoms with Crippen molar-refractivity contribution < 1.29 is 59.3 Å². The molecule has 0 aromatic rings. The van der Waals surface area contributed by atoms with Crippen molar-refractivity contribution in [2.45, 2.75) is 36.8 Å². The lowest BCUT2D eigenvalue weighted by Crippen LogP contribution is -2.65. The molecule has 0 saturated carbocycles. The van der Waals surface area contributed by atoms with Gasteiger partial charge in [0, 0.05) is 19.6 Å². The number of aliphatic hydroxyl groups is 2. The summed E-state index contributed by atoms with van der Waals surface area (Å²) in [6, 6.07) is 0. The molecule has 0 aromatic carbocycles. The van der Waals surface area contributed by atoms with E-state index in [2.05, 4.69) is 0 Å². The number of hydrogen-bond donors (Lipinski definition) is 10. The first kappa shape index (κ1) is 36.1. The van der Waals surface area contributed by atoms with E-state index in [-0.39, 0.29) is 26.4 Å². The highest BCUT2D eigenvalue weighted by molar-refractivity contribution is 5.78. The zero-order valence-electron chi connectivity index (χ0n) is 18.9. The van der Waals surface area contributed by atoms with Gasteiger partial charge in [0.05, 0.1) is 64.3 Å². The van der Waals surface area contributed by atoms with E-state index in [0.29, 0.717) is 26.3 Å². The first-order valence-corrected chi connectivity index (χ1v) is 10.0. The van der Waals surface area contributed by atoms with Crippen LogP contribution in [0.15, 0.2) is 0 Å². The smallest absolute Gasteiger partial charge is 0.306 e. The van der Waals surface area contributed by atoms with Crippen LogP contribution in [0.25, 0.3) is 0 Å². The Morgan fingerprint density at radius 2 is 0.941 bits per heavy atom. The van der Waals surface area contributed by atoms with Gasteiger partial charge in [-0.2, -0.15) is 0 Å². The number of aliphatic hydroxyl groups excluding tert-OH is 2. The van der Waals surface area contributed by atoms with Gasteiger partial charge in [-0.05, 0) is 0 Å². The van der Waals surface area contributed by atoms with Crippen LogP contribution in [0, 0.1) is 0 Å². The number of nitrogens with two attached hydrogens (primary N) is 4. The third-order valence-electron chi connectivity index (χ3n) is 3.83. The van der Waals surface area contributed by atoms with Crippen molar-refractivity contribution in [2.75, 3.05) is 52.7 Å². The van der Waals surface area contributed by atoms with E-state index in [9.17, 15) is 19.2 Å². The van der Waals surface area contributed by atoms with Crippen molar-refractivity contribution in [1.82, 2.24) is 0 Å². The van der Waals surface area contributed by atoms with Crippen LogP contribution >= 0.6 is 0 Å². The normalized spacial score (nSPS) is 10.9. The summed E-state index contributed by atoms with van der Waals surface area (Å²) < 4.78 is 10.1. The average molecular weight is 503 g/mol. The Labute approximate surface area is 196 Å². The van der Waals surface area contributed by atoms with Gasteiger partial charge in [-0.1, -0.05) is 0 Å². The Hall–Kier alpha value is -2.44. The third-order valence-corrected chi connectivity index (χ3v) is 3.83. The highest BCUT2D eigenvalue weighted by Gasteiger charge is 2.54. The molecule has 0 unspecified atom stereocenters. The largest absolute Gasteiger partial charge is 0.481 e. The second-order valence-electron chi connectivity index (χ2n) is 6.71. The summed E-state index contributed by atoms with van der Waals surface area (Å²) >= 11 is 0. The fourth-order valence-electron chi connectivity index (χ4n) is 2.60. The van der Waals surface area contributed by atoms with E-state index in [1.54, 1.807) is 0 Å². The van der Waals surface area contributed by atoms with E-state index in [1.165, 1.54) is 0 Å². The number of carboxylic acid groups (broad SMARTS) is 4. The molecular weight excluding hydrogens is 464 g/mol. The SMILES string of the molecule is NCCOC(CC(=O)O)(CC(=O)O)C(N)(CC(=O)O)CC(=O)O.NCCOCCN.OCCO. The summed E-state index contributed by atoms with van der Waals surface area (Å²) in [4.78, 5) is 44.3. The molecule has 0 rings (SSSR count). The molecule has 0 radical (unpaired) electrons. The van der Waals surface area contributed by atoms with E-state index in [0.717, 1.165) is 0 Å². The van der Waals surface area contributed by atoms with Gasteiger partial charge in [0.25, 0.3) is 0 Å². The maximum Gasteiger partial charge on any atom is 0.306 e. The standard InChI is InChI=1S/C12H20N2O9.C4H12N2O.C2H6O2/c13-1-2-23-12(5-9(19)20,6-10(21)22)11(14,3-7(15)16)4-8(17)18;5-1-3-7-4-2-6;3-1-2-4/h1-6,13-14H2,(H,15,16)(H,17,18)(H,19,20)(H,21,22);1-6H2;3-4H,1-2H2. The number of aliphatic carboxylic acids is 4. The highest BCUT2D eigenvalue weighted by Crippen LogP contribution is 2.37. The fourth-order valence-corrected chi connectivity index (χ4v) is 2.60. The van der Waals surface area contributed by atoms with Gasteiger partial charge in [0.15, 0.2) is 0 Å². The quantitative estimate of drug-likeness (QED) is 0.0851. The molecule has 0 aromatic heterocycles. The lowest BCUT2D eigenvalue weighted by atomic mass is 9.71. The van der Waals surface area contributed by atoms with Gasteiger partial charge >= 0.3 is 23.9 Å². The Morgan fingerprint density at radius 1 is 0.618 bits per heavy atom. The number of ether oxygens (including phenoxy) is 2. The molecule has 0 amide bonds. The van der Waals surface area contributed by atoms with Crippen LogP contribution in [-0.4, -0.2) is 118 Å². The highest BCUT2D eigenvalue weighted by atomic mass is 16.5. The zero-order chi connectivity index (χ0) is 27.2. The third kappa shape index (κ3) is 18.0. The molecule has 0 aliphatic carbocycles. The molecule has 0 fully saturated rings. The molecule has 34 heavy (non-hydrogen) atoms. The van der Waals surface area contributed by atoms with Crippen molar-refractivity contribution in [2.24, 2.45) is 22.9 Å². The first-order valence-electron chi connectivity index (χ1n) is 10.0. The summed E-state index contributed by atoms with van der Waals surface area (Å²) in [5, 5.41) is 51.3. The predicted molar refractivity (Wildman–Crippen MR) is 117 cm³/mol. The molecule has 0 atom stereocenters. The van der Waals surface area contributed by atoms with Crippen LogP contribution in [0.4, 0.5) is 0 Å². The van der Waals surface area contributed by atoms with E-state index >= 15 is 0 Å². The van der Waals surface area contributed by atoms with Crippen molar-refractivity contribution in [3.8, 4) is 0 Å². The maximum atomic E-state index is 11.1. The molecule has 0 spiro atoms. The summed E-state index contributed by atoms with van der Waals surface area (Å²) in [5.41, 5.74) is 16.8. The van der Waals surface area contributed by atoms with Gasteiger partial charge in [-0.25, -0.2) is 0 Å². The average Bonchev–Trinajstić information content (AvgIpc) is 2.71. The Balaban J connectivity index is -0.000000720. The summed E-state index contributed by atoms with van der Waals surface area (Å²) in [6.07, 6.45) is -3.97. The number of carboxylic acids is 4. The molecule has 0 saturated heterocycles. The number of rotatable bonds is 17. The predicted octanol–water partition coefficient (Wildman–Crippen LogP) is -3.81. The molecule has 202 valence electrons. The molecule has 0 aliphatic heterocycles. The van der Waals surface area contributed by atoms with Gasteiger partial charge in [0.1, 0.15) is 5.60 Å². The maximum absolute atomic E-state index is 11.1. The lowest BCUT2D eigenvalue weighted by molar-refractivity contribution is -0.173. The summed E-state index contributed by atoms with van der Waals surface area (Å²) in [7, 11) is 0. The molecule has 14 N–H and O–H groups in total. The topological polar surface area (TPSA) is 312 Å². The minimum Gasteiger partial charge on any atom is -0.481 e. The Bertz CT molecular complexity index is 553. The van der Waals surface area contributed by atoms with Crippen molar-refractivity contribution in [3.63, 3.8) is 0 Å². The van der Waals surface area contributed by atoms with Crippen LogP contribution in [0.2, 0.25) is 0 Å². The number of carbonyl (C=O) groups is 4. The number of hydrogen-bond acceptors (Lipinski definition) is 12. The molecular formula is C18H38N4O12. The minimum atomic E-state index is -2.27. The van der Waals surface area contributed by atoms with E-state index in [4.69, 9.17) is 63.0 Å². The molecule has 16 nitrogen and oxygen atoms in total. The summed E-state index contributed by atoms with van der Waals surface area (Å²) in [6.45, 7) is 1.71. The van der Waals surface area contributed by atoms with Gasteiger partial charge < -0.3 is 63.0 Å². The monoisotopic (exact) mass is 502 g/mol. The molecule has 0 heterocycles. The molecule has 0 bridgehead atoms. The van der Waals surface area contributed by atoms with E-state index in [1.807, 2.05) is 0 Å². The Morgan fingerprint density at radius 3 is 1.18 bits per heavy atom. The van der Waals surface area contributed by atoms with Crippen molar-refractivity contribution in [3.05, 3.63) is 0 Å². The fraction of sp³-hybridized carbons (Fsp3) is 0.778. The Kier molecular flexibility index (Phi) is 22.4. The van der Waals surface area contributed by atoms with Crippen LogP contribution in [0.1, 0.15) is 25.7 Å². The van der Waals surface area contributed by atoms with Crippen molar-refractivity contribution in [1.29, 1.82) is 0 Å². The van der Waals surface area contributed by atoms with Crippen LogP contribution in [0.3, 0.4) is 0 Å². The summed E-state index contributed by atoms with van der Waals surface area (Å²) in [5.74, 6) is -6.08. The lowest BCUT2D eigenvalue weighted by Gasteiger charge is -2.45. The first-order chi connectivity index (χ1) is 15.8. The zero-order valence-corrected chi connectivity index (χ0v) is 18.9. The van der Waals surface area contributed by atoms with Gasteiger partial charge in [0.2, 0.25) is 0 Å². The van der Waals surface area contributed by atoms with Gasteiger partial charge in [-0.3, -0.25) is 19.2 Å². The van der Waals surface area contributed by atoms with Gasteiger partial charge in [-0.15, -0.1) is 0 Å².